The summed E-state index contributed by atoms with van der Waals surface area (Å²) in [5, 5.41) is 11.6. The Labute approximate surface area is 132 Å². The van der Waals surface area contributed by atoms with E-state index in [-0.39, 0.29) is 11.2 Å². The molecule has 0 aliphatic heterocycles. The SMILES string of the molecule is CC[C@H](C)Sc1nc(Cc2ccc([N+](=O)[O-])cc2)cc(=O)[nH]1. The van der Waals surface area contributed by atoms with Crippen LogP contribution < -0.4 is 5.56 Å². The number of aromatic amines is 1. The number of aromatic nitrogens is 2. The Bertz CT molecular complexity index is 713. The third kappa shape index (κ3) is 4.42. The average Bonchev–Trinajstić information content (AvgIpc) is 2.47. The van der Waals surface area contributed by atoms with Crippen LogP contribution in [0.15, 0.2) is 40.3 Å². The normalized spacial score (nSPS) is 12.1. The lowest BCUT2D eigenvalue weighted by molar-refractivity contribution is -0.384. The largest absolute Gasteiger partial charge is 0.301 e. The van der Waals surface area contributed by atoms with Crippen molar-refractivity contribution in [3.63, 3.8) is 0 Å². The van der Waals surface area contributed by atoms with Gasteiger partial charge in [-0.1, -0.05) is 37.7 Å². The highest BCUT2D eigenvalue weighted by Crippen LogP contribution is 2.21. The predicted molar refractivity (Wildman–Crippen MR) is 86.4 cm³/mol. The van der Waals surface area contributed by atoms with Crippen LogP contribution in [0.4, 0.5) is 5.69 Å². The van der Waals surface area contributed by atoms with Crippen LogP contribution in [0.2, 0.25) is 0 Å². The summed E-state index contributed by atoms with van der Waals surface area (Å²) in [5.41, 5.74) is 1.40. The molecule has 0 unspecified atom stereocenters. The third-order valence-corrected chi connectivity index (χ3v) is 4.35. The monoisotopic (exact) mass is 319 g/mol. The Morgan fingerprint density at radius 2 is 2.05 bits per heavy atom. The van der Waals surface area contributed by atoms with Crippen LogP contribution in [-0.2, 0) is 6.42 Å². The summed E-state index contributed by atoms with van der Waals surface area (Å²) < 4.78 is 0. The predicted octanol–water partition coefficient (Wildman–Crippen LogP) is 3.16. The smallest absolute Gasteiger partial charge is 0.269 e. The molecule has 0 saturated carbocycles. The van der Waals surface area contributed by atoms with Crippen molar-refractivity contribution in [3.05, 3.63) is 62.1 Å². The number of nitrogens with zero attached hydrogens (tertiary/aromatic N) is 2. The maximum absolute atomic E-state index is 11.7. The van der Waals surface area contributed by atoms with Crippen molar-refractivity contribution >= 4 is 17.4 Å². The van der Waals surface area contributed by atoms with Crippen molar-refractivity contribution in [1.82, 2.24) is 9.97 Å². The Morgan fingerprint density at radius 1 is 1.36 bits per heavy atom. The van der Waals surface area contributed by atoms with Gasteiger partial charge >= 0.3 is 0 Å². The number of nitro groups is 1. The molecule has 2 rings (SSSR count). The molecule has 0 amide bonds. The summed E-state index contributed by atoms with van der Waals surface area (Å²) in [4.78, 5) is 29.1. The summed E-state index contributed by atoms with van der Waals surface area (Å²) >= 11 is 1.53. The maximum Gasteiger partial charge on any atom is 0.269 e. The van der Waals surface area contributed by atoms with Crippen molar-refractivity contribution in [3.8, 4) is 0 Å². The van der Waals surface area contributed by atoms with Gasteiger partial charge in [-0.3, -0.25) is 14.9 Å². The minimum absolute atomic E-state index is 0.0515. The van der Waals surface area contributed by atoms with E-state index >= 15 is 0 Å². The number of nitro benzene ring substituents is 1. The number of H-pyrrole nitrogens is 1. The highest BCUT2D eigenvalue weighted by atomic mass is 32.2. The Kier molecular flexibility index (Phi) is 5.32. The first-order chi connectivity index (χ1) is 10.5. The van der Waals surface area contributed by atoms with Gasteiger partial charge < -0.3 is 4.98 Å². The van der Waals surface area contributed by atoms with Crippen LogP contribution >= 0.6 is 11.8 Å². The fraction of sp³-hybridized carbons (Fsp3) is 0.333. The molecule has 22 heavy (non-hydrogen) atoms. The first-order valence-corrected chi connectivity index (χ1v) is 7.86. The molecule has 0 radical (unpaired) electrons. The van der Waals surface area contributed by atoms with E-state index in [2.05, 4.69) is 23.8 Å². The van der Waals surface area contributed by atoms with E-state index in [1.165, 1.54) is 30.0 Å². The van der Waals surface area contributed by atoms with Crippen molar-refractivity contribution in [2.75, 3.05) is 0 Å². The van der Waals surface area contributed by atoms with Gasteiger partial charge in [-0.2, -0.15) is 0 Å². The first kappa shape index (κ1) is 16.2. The van der Waals surface area contributed by atoms with Crippen molar-refractivity contribution in [1.29, 1.82) is 0 Å². The molecule has 0 bridgehead atoms. The maximum atomic E-state index is 11.7. The highest BCUT2D eigenvalue weighted by molar-refractivity contribution is 7.99. The van der Waals surface area contributed by atoms with Gasteiger partial charge in [-0.15, -0.1) is 0 Å². The van der Waals surface area contributed by atoms with Crippen LogP contribution in [0.25, 0.3) is 0 Å². The molecule has 0 saturated heterocycles. The number of thioether (sulfide) groups is 1. The van der Waals surface area contributed by atoms with Crippen molar-refractivity contribution in [2.24, 2.45) is 0 Å². The Morgan fingerprint density at radius 3 is 2.64 bits per heavy atom. The lowest BCUT2D eigenvalue weighted by Crippen LogP contribution is -2.11. The van der Waals surface area contributed by atoms with E-state index in [0.29, 0.717) is 22.5 Å². The molecule has 7 heteroatoms. The van der Waals surface area contributed by atoms with Crippen LogP contribution in [0, 0.1) is 10.1 Å². The standard InChI is InChI=1S/C15H17N3O3S/c1-3-10(2)22-15-16-12(9-14(19)17-15)8-11-4-6-13(7-5-11)18(20)21/h4-7,9-10H,3,8H2,1-2H3,(H,16,17,19)/t10-/m0/s1. The fourth-order valence-corrected chi connectivity index (χ4v) is 2.73. The van der Waals surface area contributed by atoms with Gasteiger partial charge in [0.1, 0.15) is 0 Å². The van der Waals surface area contributed by atoms with Gasteiger partial charge in [0, 0.05) is 29.9 Å². The molecular formula is C15H17N3O3S. The molecule has 1 N–H and O–H groups in total. The van der Waals surface area contributed by atoms with Crippen LogP contribution in [-0.4, -0.2) is 20.1 Å². The van der Waals surface area contributed by atoms with Gasteiger partial charge in [-0.05, 0) is 12.0 Å². The zero-order valence-electron chi connectivity index (χ0n) is 12.4. The fourth-order valence-electron chi connectivity index (χ4n) is 1.85. The number of hydrogen-bond donors (Lipinski definition) is 1. The molecule has 1 atom stereocenters. The molecule has 0 spiro atoms. The summed E-state index contributed by atoms with van der Waals surface area (Å²) in [5.74, 6) is 0. The molecule has 0 fully saturated rings. The number of benzene rings is 1. The molecular weight excluding hydrogens is 302 g/mol. The van der Waals surface area contributed by atoms with E-state index < -0.39 is 4.92 Å². The van der Waals surface area contributed by atoms with Crippen molar-refractivity contribution in [2.45, 2.75) is 37.1 Å². The van der Waals surface area contributed by atoms with E-state index in [0.717, 1.165) is 12.0 Å². The lowest BCUT2D eigenvalue weighted by Gasteiger charge is -2.08. The number of non-ortho nitro benzene ring substituents is 1. The van der Waals surface area contributed by atoms with Gasteiger partial charge in [-0.25, -0.2) is 4.98 Å². The topological polar surface area (TPSA) is 88.9 Å². The lowest BCUT2D eigenvalue weighted by atomic mass is 10.1. The van der Waals surface area contributed by atoms with Crippen molar-refractivity contribution < 1.29 is 4.92 Å². The molecule has 6 nitrogen and oxygen atoms in total. The zero-order valence-corrected chi connectivity index (χ0v) is 13.2. The third-order valence-electron chi connectivity index (χ3n) is 3.19. The second-order valence-corrected chi connectivity index (χ2v) is 6.41. The second kappa shape index (κ2) is 7.22. The molecule has 2 aromatic rings. The summed E-state index contributed by atoms with van der Waals surface area (Å²) in [7, 11) is 0. The molecule has 1 heterocycles. The number of hydrogen-bond acceptors (Lipinski definition) is 5. The molecule has 1 aromatic carbocycles. The summed E-state index contributed by atoms with van der Waals surface area (Å²) in [6.45, 7) is 4.16. The quantitative estimate of drug-likeness (QED) is 0.382. The Balaban J connectivity index is 2.18. The zero-order chi connectivity index (χ0) is 16.1. The van der Waals surface area contributed by atoms with Gasteiger partial charge in [0.2, 0.25) is 0 Å². The van der Waals surface area contributed by atoms with Crippen LogP contribution in [0.3, 0.4) is 0 Å². The molecule has 0 aliphatic carbocycles. The highest BCUT2D eigenvalue weighted by Gasteiger charge is 2.08. The first-order valence-electron chi connectivity index (χ1n) is 6.98. The van der Waals surface area contributed by atoms with Gasteiger partial charge in [0.05, 0.1) is 10.6 Å². The second-order valence-electron chi connectivity index (χ2n) is 4.98. The average molecular weight is 319 g/mol. The summed E-state index contributed by atoms with van der Waals surface area (Å²) in [6, 6.07) is 7.74. The molecule has 0 aliphatic rings. The van der Waals surface area contributed by atoms with Gasteiger partial charge in [0.15, 0.2) is 5.16 Å². The summed E-state index contributed by atoms with van der Waals surface area (Å²) in [6.07, 6.45) is 1.46. The number of nitrogens with one attached hydrogen (secondary N) is 1. The molecule has 116 valence electrons. The minimum Gasteiger partial charge on any atom is -0.301 e. The van der Waals surface area contributed by atoms with E-state index in [4.69, 9.17) is 0 Å². The van der Waals surface area contributed by atoms with Gasteiger partial charge in [0.25, 0.3) is 11.2 Å². The Hall–Kier alpha value is -2.15. The van der Waals surface area contributed by atoms with E-state index in [9.17, 15) is 14.9 Å². The number of rotatable bonds is 6. The molecule has 1 aromatic heterocycles. The van der Waals surface area contributed by atoms with E-state index in [1.54, 1.807) is 12.1 Å². The van der Waals surface area contributed by atoms with E-state index in [1.807, 2.05) is 0 Å². The minimum atomic E-state index is -0.434. The van der Waals surface area contributed by atoms with Crippen LogP contribution in [0.5, 0.6) is 0 Å². The van der Waals surface area contributed by atoms with Crippen LogP contribution in [0.1, 0.15) is 31.5 Å².